The lowest BCUT2D eigenvalue weighted by molar-refractivity contribution is 0.112. The van der Waals surface area contributed by atoms with Crippen LogP contribution >= 0.6 is 22.9 Å². The van der Waals surface area contributed by atoms with Crippen LogP contribution in [0.3, 0.4) is 0 Å². The number of hydrogen-bond donors (Lipinski definition) is 0. The lowest BCUT2D eigenvalue weighted by Gasteiger charge is -2.11. The van der Waals surface area contributed by atoms with Crippen LogP contribution in [0.5, 0.6) is 5.19 Å². The van der Waals surface area contributed by atoms with Crippen molar-refractivity contribution >= 4 is 29.2 Å². The average molecular weight is 276 g/mol. The Bertz CT molecular complexity index is 354. The molecular weight excluding hydrogens is 258 g/mol. The van der Waals surface area contributed by atoms with Crippen LogP contribution in [-0.4, -0.2) is 17.4 Å². The molecule has 0 saturated heterocycles. The predicted octanol–water partition coefficient (Wildman–Crippen LogP) is 4.35. The number of rotatable bonds is 8. The second kappa shape index (κ2) is 7.67. The lowest BCUT2D eigenvalue weighted by Crippen LogP contribution is -2.11. The number of ether oxygens (including phenoxy) is 1. The first kappa shape index (κ1) is 14.5. The van der Waals surface area contributed by atoms with Crippen molar-refractivity contribution in [2.24, 2.45) is 0 Å². The molecule has 1 aromatic heterocycles. The second-order valence-electron chi connectivity index (χ2n) is 4.03. The summed E-state index contributed by atoms with van der Waals surface area (Å²) in [6, 6.07) is 0. The predicted molar refractivity (Wildman–Crippen MR) is 71.4 cm³/mol. The van der Waals surface area contributed by atoms with E-state index in [1.807, 2.05) is 6.92 Å². The molecule has 1 atom stereocenters. The largest absolute Gasteiger partial charge is 0.467 e. The van der Waals surface area contributed by atoms with Crippen molar-refractivity contribution in [3.63, 3.8) is 0 Å². The Hall–Kier alpha value is -0.610. The van der Waals surface area contributed by atoms with E-state index in [0.29, 0.717) is 16.4 Å². The number of aldehydes is 1. The van der Waals surface area contributed by atoms with E-state index in [1.165, 1.54) is 30.6 Å². The summed E-state index contributed by atoms with van der Waals surface area (Å²) in [4.78, 5) is 15.0. The number of thiazole rings is 1. The number of carbonyl (C=O) groups is 1. The summed E-state index contributed by atoms with van der Waals surface area (Å²) in [5, 5.41) is 0.721. The highest BCUT2D eigenvalue weighted by Gasteiger charge is 2.12. The smallest absolute Gasteiger partial charge is 0.275 e. The molecule has 1 heterocycles. The minimum absolute atomic E-state index is 0.119. The van der Waals surface area contributed by atoms with Gasteiger partial charge in [0.05, 0.1) is 6.10 Å². The van der Waals surface area contributed by atoms with Crippen LogP contribution < -0.4 is 4.74 Å². The summed E-state index contributed by atoms with van der Waals surface area (Å²) in [5.74, 6) is 0. The van der Waals surface area contributed by atoms with E-state index in [9.17, 15) is 4.79 Å². The highest BCUT2D eigenvalue weighted by Crippen LogP contribution is 2.28. The molecule has 96 valence electrons. The minimum Gasteiger partial charge on any atom is -0.467 e. The number of nitrogens with zero attached hydrogens (tertiary/aromatic N) is 1. The average Bonchev–Trinajstić information content (AvgIpc) is 2.65. The molecule has 0 aliphatic heterocycles. The van der Waals surface area contributed by atoms with Crippen LogP contribution in [0, 0.1) is 0 Å². The molecule has 17 heavy (non-hydrogen) atoms. The van der Waals surface area contributed by atoms with Gasteiger partial charge < -0.3 is 4.74 Å². The van der Waals surface area contributed by atoms with E-state index in [1.54, 1.807) is 0 Å². The zero-order chi connectivity index (χ0) is 12.7. The van der Waals surface area contributed by atoms with Gasteiger partial charge >= 0.3 is 0 Å². The molecule has 0 N–H and O–H groups in total. The van der Waals surface area contributed by atoms with Gasteiger partial charge in [-0.15, -0.1) is 0 Å². The SMILES string of the molecule is CCCCCCC(C)Oc1nc(Cl)c(C=O)s1. The number of carbonyl (C=O) groups excluding carboxylic acids is 1. The molecule has 1 unspecified atom stereocenters. The van der Waals surface area contributed by atoms with E-state index >= 15 is 0 Å². The third kappa shape index (κ3) is 5.04. The summed E-state index contributed by atoms with van der Waals surface area (Å²) >= 11 is 6.96. The topological polar surface area (TPSA) is 39.2 Å². The van der Waals surface area contributed by atoms with E-state index in [2.05, 4.69) is 11.9 Å². The first-order valence-corrected chi connectivity index (χ1v) is 7.15. The lowest BCUT2D eigenvalue weighted by atomic mass is 10.1. The molecule has 3 nitrogen and oxygen atoms in total. The van der Waals surface area contributed by atoms with Gasteiger partial charge in [0.15, 0.2) is 11.4 Å². The Balaban J connectivity index is 2.34. The Morgan fingerprint density at radius 3 is 2.82 bits per heavy atom. The second-order valence-corrected chi connectivity index (χ2v) is 5.38. The van der Waals surface area contributed by atoms with Crippen molar-refractivity contribution in [3.05, 3.63) is 10.0 Å². The highest BCUT2D eigenvalue weighted by atomic mass is 35.5. The van der Waals surface area contributed by atoms with Crippen molar-refractivity contribution in [3.8, 4) is 5.19 Å². The quantitative estimate of drug-likeness (QED) is 0.523. The fourth-order valence-electron chi connectivity index (χ4n) is 1.51. The van der Waals surface area contributed by atoms with E-state index in [4.69, 9.17) is 16.3 Å². The summed E-state index contributed by atoms with van der Waals surface area (Å²) in [6.45, 7) is 4.21. The third-order valence-corrected chi connectivity index (χ3v) is 3.74. The molecule has 0 radical (unpaired) electrons. The van der Waals surface area contributed by atoms with Crippen molar-refractivity contribution in [1.82, 2.24) is 4.98 Å². The molecule has 0 saturated carbocycles. The van der Waals surface area contributed by atoms with Gasteiger partial charge in [0.1, 0.15) is 4.88 Å². The summed E-state index contributed by atoms with van der Waals surface area (Å²) in [7, 11) is 0. The van der Waals surface area contributed by atoms with Gasteiger partial charge in [0.25, 0.3) is 5.19 Å². The Kier molecular flexibility index (Phi) is 6.52. The van der Waals surface area contributed by atoms with Gasteiger partial charge in [0, 0.05) is 0 Å². The summed E-state index contributed by atoms with van der Waals surface area (Å²) in [6.07, 6.45) is 6.74. The van der Waals surface area contributed by atoms with E-state index in [-0.39, 0.29) is 11.3 Å². The van der Waals surface area contributed by atoms with Gasteiger partial charge in [0.2, 0.25) is 0 Å². The van der Waals surface area contributed by atoms with Crippen LogP contribution in [0.4, 0.5) is 0 Å². The van der Waals surface area contributed by atoms with Gasteiger partial charge in [-0.05, 0) is 19.8 Å². The first-order chi connectivity index (χ1) is 8.17. The number of unbranched alkanes of at least 4 members (excludes halogenated alkanes) is 3. The Morgan fingerprint density at radius 2 is 2.24 bits per heavy atom. The van der Waals surface area contributed by atoms with Crippen LogP contribution in [0.1, 0.15) is 55.6 Å². The number of aromatic nitrogens is 1. The van der Waals surface area contributed by atoms with Crippen molar-refractivity contribution < 1.29 is 9.53 Å². The van der Waals surface area contributed by atoms with Gasteiger partial charge in [-0.1, -0.05) is 49.1 Å². The number of halogens is 1. The molecule has 0 fully saturated rings. The maximum absolute atomic E-state index is 10.6. The fourth-order valence-corrected chi connectivity index (χ4v) is 2.51. The first-order valence-electron chi connectivity index (χ1n) is 5.95. The van der Waals surface area contributed by atoms with Crippen LogP contribution in [-0.2, 0) is 0 Å². The molecule has 0 aliphatic carbocycles. The monoisotopic (exact) mass is 275 g/mol. The van der Waals surface area contributed by atoms with Crippen molar-refractivity contribution in [2.45, 2.75) is 52.1 Å². The minimum atomic E-state index is 0.119. The summed E-state index contributed by atoms with van der Waals surface area (Å²) in [5.41, 5.74) is 0. The van der Waals surface area contributed by atoms with Crippen LogP contribution in [0.25, 0.3) is 0 Å². The molecule has 0 aliphatic rings. The fraction of sp³-hybridized carbons (Fsp3) is 0.667. The van der Waals surface area contributed by atoms with Crippen LogP contribution in [0.2, 0.25) is 5.15 Å². The highest BCUT2D eigenvalue weighted by molar-refractivity contribution is 7.15. The summed E-state index contributed by atoms with van der Waals surface area (Å²) < 4.78 is 5.62. The van der Waals surface area contributed by atoms with Gasteiger partial charge in [-0.2, -0.15) is 4.98 Å². The maximum Gasteiger partial charge on any atom is 0.275 e. The standard InChI is InChI=1S/C12H18ClNO2S/c1-3-4-5-6-7-9(2)16-12-14-11(13)10(8-15)17-12/h8-9H,3-7H2,1-2H3. The normalized spacial score (nSPS) is 12.4. The molecule has 0 aromatic carbocycles. The van der Waals surface area contributed by atoms with E-state index in [0.717, 1.165) is 12.8 Å². The molecule has 0 spiro atoms. The molecule has 0 bridgehead atoms. The van der Waals surface area contributed by atoms with Crippen molar-refractivity contribution in [2.75, 3.05) is 0 Å². The third-order valence-electron chi connectivity index (χ3n) is 2.46. The van der Waals surface area contributed by atoms with E-state index < -0.39 is 0 Å². The zero-order valence-electron chi connectivity index (χ0n) is 10.2. The number of hydrogen-bond acceptors (Lipinski definition) is 4. The van der Waals surface area contributed by atoms with Gasteiger partial charge in [-0.25, -0.2) is 0 Å². The maximum atomic E-state index is 10.6. The molecule has 5 heteroatoms. The molecule has 1 rings (SSSR count). The molecular formula is C12H18ClNO2S. The Labute approximate surface area is 111 Å². The zero-order valence-corrected chi connectivity index (χ0v) is 11.8. The van der Waals surface area contributed by atoms with Crippen LogP contribution in [0.15, 0.2) is 0 Å². The van der Waals surface area contributed by atoms with Crippen molar-refractivity contribution in [1.29, 1.82) is 0 Å². The Morgan fingerprint density at radius 1 is 1.47 bits per heavy atom. The molecule has 1 aromatic rings. The molecule has 0 amide bonds. The van der Waals surface area contributed by atoms with Gasteiger partial charge in [-0.3, -0.25) is 4.79 Å².